The van der Waals surface area contributed by atoms with Gasteiger partial charge in [-0.1, -0.05) is 24.3 Å². The first kappa shape index (κ1) is 39.5. The maximum Gasteiger partial charge on any atom is 0.335 e. The number of aromatic hydroxyl groups is 4. The molecule has 2 aliphatic rings. The average molecular weight is 709 g/mol. The Labute approximate surface area is 281 Å². The van der Waals surface area contributed by atoms with Crippen LogP contribution >= 0.6 is 0 Å². The van der Waals surface area contributed by atoms with Crippen LogP contribution in [0.25, 0.3) is 12.2 Å². The summed E-state index contributed by atoms with van der Waals surface area (Å²) in [5.41, 5.74) is -10.0. The van der Waals surface area contributed by atoms with Crippen LogP contribution in [0.1, 0.15) is 36.8 Å². The van der Waals surface area contributed by atoms with Crippen molar-refractivity contribution in [2.75, 3.05) is 0 Å². The van der Waals surface area contributed by atoms with Gasteiger partial charge in [-0.05, 0) is 47.5 Å². The van der Waals surface area contributed by atoms with E-state index in [0.717, 1.165) is 48.6 Å². The van der Waals surface area contributed by atoms with E-state index in [9.17, 15) is 80.5 Å². The molecule has 2 aromatic carbocycles. The summed E-state index contributed by atoms with van der Waals surface area (Å²) < 4.78 is 0. The molecule has 4 unspecified atom stereocenters. The second-order valence-electron chi connectivity index (χ2n) is 12.2. The molecule has 0 bridgehead atoms. The highest BCUT2D eigenvalue weighted by atomic mass is 16.4. The summed E-state index contributed by atoms with van der Waals surface area (Å²) in [5, 5.41) is 135. The Bertz CT molecular complexity index is 1580. The number of phenolic OH excluding ortho intramolecular Hbond substituents is 4. The fourth-order valence-corrected chi connectivity index (χ4v) is 5.51. The largest absolute Gasteiger partial charge is 0.504 e. The van der Waals surface area contributed by atoms with Gasteiger partial charge in [-0.25, -0.2) is 9.59 Å². The van der Waals surface area contributed by atoms with Crippen LogP contribution in [0, 0.1) is 0 Å². The molecule has 18 heteroatoms. The number of benzene rings is 2. The lowest BCUT2D eigenvalue weighted by atomic mass is 9.70. The minimum Gasteiger partial charge on any atom is -0.504 e. The zero-order valence-corrected chi connectivity index (χ0v) is 25.8. The van der Waals surface area contributed by atoms with Crippen LogP contribution in [0.5, 0.6) is 23.0 Å². The van der Waals surface area contributed by atoms with Crippen molar-refractivity contribution in [3.8, 4) is 23.0 Å². The summed E-state index contributed by atoms with van der Waals surface area (Å²) in [7, 11) is 0. The van der Waals surface area contributed by atoms with E-state index in [1.54, 1.807) is 0 Å². The number of phenols is 4. The number of aliphatic hydroxyl groups excluding tert-OH is 4. The van der Waals surface area contributed by atoms with Gasteiger partial charge in [-0.15, -0.1) is 0 Å². The van der Waals surface area contributed by atoms with Crippen molar-refractivity contribution in [3.63, 3.8) is 0 Å². The van der Waals surface area contributed by atoms with E-state index in [-0.39, 0.29) is 22.6 Å². The van der Waals surface area contributed by atoms with Crippen LogP contribution in [0.4, 0.5) is 0 Å². The van der Waals surface area contributed by atoms with E-state index >= 15 is 0 Å². The maximum atomic E-state index is 12.3. The molecule has 0 aliphatic heterocycles. The average Bonchev–Trinajstić information content (AvgIpc) is 3.03. The number of carboxylic acid groups (broad SMARTS) is 2. The van der Waals surface area contributed by atoms with E-state index in [4.69, 9.17) is 10.2 Å². The monoisotopic (exact) mass is 708 g/mol. The first-order valence-electron chi connectivity index (χ1n) is 14.6. The van der Waals surface area contributed by atoms with Gasteiger partial charge < -0.3 is 71.5 Å². The smallest absolute Gasteiger partial charge is 0.335 e. The van der Waals surface area contributed by atoms with Crippen LogP contribution in [0.2, 0.25) is 0 Å². The molecule has 2 aliphatic carbocycles. The molecule has 4 rings (SSSR count). The highest BCUT2D eigenvalue weighted by Crippen LogP contribution is 2.39. The first-order valence-corrected chi connectivity index (χ1v) is 14.6. The third-order valence-corrected chi connectivity index (χ3v) is 8.43. The van der Waals surface area contributed by atoms with Crippen molar-refractivity contribution in [1.29, 1.82) is 0 Å². The Morgan fingerprint density at radius 1 is 0.560 bits per heavy atom. The van der Waals surface area contributed by atoms with Gasteiger partial charge in [0.05, 0.1) is 12.2 Å². The lowest BCUT2D eigenvalue weighted by Crippen LogP contribution is -2.65. The molecular weight excluding hydrogens is 672 g/mol. The molecule has 0 aromatic heterocycles. The third kappa shape index (κ3) is 8.09. The van der Waals surface area contributed by atoms with E-state index in [1.165, 1.54) is 12.1 Å². The Balaban J connectivity index is 0.000000270. The number of aliphatic hydroxyl groups is 8. The Morgan fingerprint density at radius 2 is 0.880 bits per heavy atom. The van der Waals surface area contributed by atoms with Crippen LogP contribution in [-0.4, -0.2) is 142 Å². The molecule has 18 nitrogen and oxygen atoms in total. The number of hydrogen-bond acceptors (Lipinski definition) is 16. The molecule has 2 fully saturated rings. The molecule has 50 heavy (non-hydrogen) atoms. The molecule has 0 heterocycles. The molecule has 0 radical (unpaired) electrons. The molecule has 2 saturated carbocycles. The van der Waals surface area contributed by atoms with Gasteiger partial charge in [0, 0.05) is 25.7 Å². The molecular formula is C32H36O18. The van der Waals surface area contributed by atoms with Gasteiger partial charge in [0.2, 0.25) is 0 Å². The third-order valence-electron chi connectivity index (χ3n) is 8.43. The number of carboxylic acids is 2. The Kier molecular flexibility index (Phi) is 11.5. The van der Waals surface area contributed by atoms with Crippen molar-refractivity contribution in [2.24, 2.45) is 0 Å². The van der Waals surface area contributed by atoms with Gasteiger partial charge in [0.25, 0.3) is 0 Å². The SMILES string of the molecule is O=C(O)C1(O)C[C@@H](O)C(O)[C@@](O)(C(=O)/C=C/c2ccc(O)c(O)c2)C1.O=C(O)C1(O)C[C@@H](O)C(O)[C@@](O)(C(=O)/C=C/c2ccc(O)c(O)c2)C1. The predicted octanol–water partition coefficient (Wildman–Crippen LogP) is -2.51. The van der Waals surface area contributed by atoms with E-state index in [1.807, 2.05) is 0 Å². The number of hydrogen-bond donors (Lipinski definition) is 14. The van der Waals surface area contributed by atoms with Crippen LogP contribution in [-0.2, 0) is 19.2 Å². The zero-order valence-electron chi connectivity index (χ0n) is 25.8. The standard InChI is InChI=1S/2C16H18O9/c2*17-9-3-1-8(5-10(9)18)2-4-12(20)16(25)7-15(24,14(22)23)6-11(19)13(16)21/h2*1-5,11,13,17-19,21,24-25H,6-7H2,(H,22,23)/b2*4-2+/t2*11-,13?,15?,16+/m11/s1. The van der Waals surface area contributed by atoms with E-state index < -0.39 is 108 Å². The van der Waals surface area contributed by atoms with Gasteiger partial charge in [-0.3, -0.25) is 9.59 Å². The minimum atomic E-state index is -2.71. The second-order valence-corrected chi connectivity index (χ2v) is 12.2. The molecule has 0 spiro atoms. The van der Waals surface area contributed by atoms with E-state index in [2.05, 4.69) is 0 Å². The second kappa shape index (κ2) is 14.5. The molecule has 0 amide bonds. The quantitative estimate of drug-likeness (QED) is 0.0994. The molecule has 14 N–H and O–H groups in total. The fraction of sp³-hybridized carbons (Fsp3) is 0.375. The van der Waals surface area contributed by atoms with Crippen molar-refractivity contribution >= 4 is 35.7 Å². The van der Waals surface area contributed by atoms with Gasteiger partial charge in [0.15, 0.2) is 57.0 Å². The normalized spacial score (nSPS) is 32.6. The van der Waals surface area contributed by atoms with Crippen molar-refractivity contribution in [2.45, 2.75) is 72.5 Å². The maximum absolute atomic E-state index is 12.3. The van der Waals surface area contributed by atoms with Crippen LogP contribution in [0.15, 0.2) is 48.6 Å². The van der Waals surface area contributed by atoms with Crippen molar-refractivity contribution in [3.05, 3.63) is 59.7 Å². The number of carbonyl (C=O) groups is 4. The van der Waals surface area contributed by atoms with Gasteiger partial charge in [0.1, 0.15) is 12.2 Å². The lowest BCUT2D eigenvalue weighted by molar-refractivity contribution is -0.212. The Hall–Kier alpha value is -4.92. The van der Waals surface area contributed by atoms with Crippen LogP contribution < -0.4 is 0 Å². The summed E-state index contributed by atoms with van der Waals surface area (Å²) in [6.07, 6.45) is -7.19. The van der Waals surface area contributed by atoms with Crippen molar-refractivity contribution in [1.82, 2.24) is 0 Å². The number of rotatable bonds is 8. The number of aliphatic carboxylic acids is 2. The predicted molar refractivity (Wildman–Crippen MR) is 165 cm³/mol. The molecule has 2 aromatic rings. The fourth-order valence-electron chi connectivity index (χ4n) is 5.51. The van der Waals surface area contributed by atoms with E-state index in [0.29, 0.717) is 0 Å². The zero-order chi connectivity index (χ0) is 38.0. The molecule has 8 atom stereocenters. The first-order chi connectivity index (χ1) is 23.0. The Morgan fingerprint density at radius 3 is 1.16 bits per heavy atom. The lowest BCUT2D eigenvalue weighted by Gasteiger charge is -2.44. The summed E-state index contributed by atoms with van der Waals surface area (Å²) in [6, 6.07) is 7.28. The highest BCUT2D eigenvalue weighted by Gasteiger charge is 2.60. The molecule has 272 valence electrons. The van der Waals surface area contributed by atoms with Gasteiger partial charge in [-0.2, -0.15) is 0 Å². The van der Waals surface area contributed by atoms with Crippen LogP contribution in [0.3, 0.4) is 0 Å². The van der Waals surface area contributed by atoms with Gasteiger partial charge >= 0.3 is 11.9 Å². The minimum absolute atomic E-state index is 0.270. The number of carbonyl (C=O) groups excluding carboxylic acids is 2. The summed E-state index contributed by atoms with van der Waals surface area (Å²) in [5.74, 6) is -7.38. The highest BCUT2D eigenvalue weighted by molar-refractivity contribution is 6.02. The molecule has 0 saturated heterocycles. The summed E-state index contributed by atoms with van der Waals surface area (Å²) >= 11 is 0. The number of ketones is 2. The van der Waals surface area contributed by atoms with Crippen molar-refractivity contribution < 1.29 is 90.7 Å². The summed E-state index contributed by atoms with van der Waals surface area (Å²) in [4.78, 5) is 46.9. The summed E-state index contributed by atoms with van der Waals surface area (Å²) in [6.45, 7) is 0. The topological polar surface area (TPSA) is 352 Å².